The second-order valence-electron chi connectivity index (χ2n) is 9.85. The van der Waals surface area contributed by atoms with E-state index in [4.69, 9.17) is 14.2 Å². The number of nitro groups is 1. The summed E-state index contributed by atoms with van der Waals surface area (Å²) in [6.07, 6.45) is 1.80. The van der Waals surface area contributed by atoms with Gasteiger partial charge in [-0.15, -0.1) is 0 Å². The molecule has 0 saturated carbocycles. The van der Waals surface area contributed by atoms with Crippen LogP contribution in [0.3, 0.4) is 0 Å². The van der Waals surface area contributed by atoms with Gasteiger partial charge in [0, 0.05) is 34.8 Å². The molecule has 1 aliphatic heterocycles. The number of aromatic nitrogens is 2. The van der Waals surface area contributed by atoms with Crippen LogP contribution in [0, 0.1) is 24.0 Å². The number of carbonyl (C=O) groups excluding carboxylic acids is 1. The Morgan fingerprint density at radius 3 is 2.44 bits per heavy atom. The van der Waals surface area contributed by atoms with Gasteiger partial charge in [-0.05, 0) is 75.7 Å². The van der Waals surface area contributed by atoms with Gasteiger partial charge in [0.05, 0.1) is 41.6 Å². The first kappa shape index (κ1) is 29.5. The minimum absolute atomic E-state index is 0.00671. The number of aryl methyl sites for hydroxylation is 1. The van der Waals surface area contributed by atoms with E-state index in [1.807, 2.05) is 24.5 Å². The minimum atomic E-state index is -0.866. The van der Waals surface area contributed by atoms with Crippen molar-refractivity contribution in [1.29, 1.82) is 0 Å². The fraction of sp³-hybridized carbons (Fsp3) is 0.258. The number of hydrogen-bond donors (Lipinski definition) is 0. The standard InChI is InChI=1S/C31H30N4O7S/c1-7-42-30(37)27-18(3)32-31-34(28(27)24-16-23(40-5)12-13-25(24)41-6)29(36)26(43-31)15-20-14-17(2)33(19(20)4)21-8-10-22(11-9-21)35(38)39/h8-16,28H,7H2,1-6H3/b26-15+/t28-/m1/s1. The molecule has 0 amide bonds. The summed E-state index contributed by atoms with van der Waals surface area (Å²) < 4.78 is 20.4. The van der Waals surface area contributed by atoms with Crippen LogP contribution in [-0.4, -0.2) is 40.9 Å². The largest absolute Gasteiger partial charge is 0.497 e. The van der Waals surface area contributed by atoms with Crippen LogP contribution < -0.4 is 24.4 Å². The Morgan fingerprint density at radius 2 is 1.81 bits per heavy atom. The molecule has 12 heteroatoms. The van der Waals surface area contributed by atoms with E-state index < -0.39 is 16.9 Å². The highest BCUT2D eigenvalue weighted by atomic mass is 32.1. The summed E-state index contributed by atoms with van der Waals surface area (Å²) in [5.41, 5.74) is 4.24. The predicted octanol–water partition coefficient (Wildman–Crippen LogP) is 4.13. The molecule has 0 radical (unpaired) electrons. The molecule has 0 spiro atoms. The Balaban J connectivity index is 1.70. The summed E-state index contributed by atoms with van der Waals surface area (Å²) in [5.74, 6) is 0.442. The molecule has 5 rings (SSSR count). The third-order valence-electron chi connectivity index (χ3n) is 7.32. The fourth-order valence-corrected chi connectivity index (χ4v) is 6.37. The number of nitro benzene ring substituents is 1. The fourth-order valence-electron chi connectivity index (χ4n) is 5.33. The molecule has 0 aliphatic carbocycles. The molecule has 43 heavy (non-hydrogen) atoms. The van der Waals surface area contributed by atoms with E-state index in [9.17, 15) is 19.7 Å². The van der Waals surface area contributed by atoms with Crippen LogP contribution in [0.15, 0.2) is 69.6 Å². The monoisotopic (exact) mass is 602 g/mol. The Bertz CT molecular complexity index is 1970. The zero-order valence-corrected chi connectivity index (χ0v) is 25.4. The molecule has 0 unspecified atom stereocenters. The van der Waals surface area contributed by atoms with Gasteiger partial charge >= 0.3 is 5.97 Å². The van der Waals surface area contributed by atoms with E-state index in [0.29, 0.717) is 32.1 Å². The van der Waals surface area contributed by atoms with Crippen molar-refractivity contribution in [1.82, 2.24) is 9.13 Å². The van der Waals surface area contributed by atoms with E-state index in [1.165, 1.54) is 42.3 Å². The van der Waals surface area contributed by atoms with Crippen molar-refractivity contribution in [3.8, 4) is 17.2 Å². The van der Waals surface area contributed by atoms with Gasteiger partial charge in [0.2, 0.25) is 0 Å². The van der Waals surface area contributed by atoms with Crippen LogP contribution in [0.1, 0.15) is 42.4 Å². The van der Waals surface area contributed by atoms with E-state index in [0.717, 1.165) is 22.6 Å². The lowest BCUT2D eigenvalue weighted by molar-refractivity contribution is -0.384. The van der Waals surface area contributed by atoms with Gasteiger partial charge in [-0.1, -0.05) is 11.3 Å². The number of non-ortho nitro benzene ring substituents is 1. The Hall–Kier alpha value is -4.97. The van der Waals surface area contributed by atoms with Crippen molar-refractivity contribution in [2.75, 3.05) is 20.8 Å². The van der Waals surface area contributed by atoms with Crippen LogP contribution in [0.2, 0.25) is 0 Å². The van der Waals surface area contributed by atoms with Crippen molar-refractivity contribution in [2.45, 2.75) is 33.7 Å². The van der Waals surface area contributed by atoms with Crippen LogP contribution in [0.25, 0.3) is 11.8 Å². The summed E-state index contributed by atoms with van der Waals surface area (Å²) in [5, 5.41) is 11.1. The number of esters is 1. The summed E-state index contributed by atoms with van der Waals surface area (Å²) in [6.45, 7) is 7.45. The van der Waals surface area contributed by atoms with Gasteiger partial charge in [-0.3, -0.25) is 19.5 Å². The number of rotatable bonds is 8. The summed E-state index contributed by atoms with van der Waals surface area (Å²) in [7, 11) is 3.06. The molecule has 0 bridgehead atoms. The number of allylic oxidation sites excluding steroid dienone is 1. The third kappa shape index (κ3) is 5.25. The summed E-state index contributed by atoms with van der Waals surface area (Å²) >= 11 is 1.22. The lowest BCUT2D eigenvalue weighted by Gasteiger charge is -2.26. The van der Waals surface area contributed by atoms with Crippen molar-refractivity contribution < 1.29 is 23.9 Å². The first-order chi connectivity index (χ1) is 20.6. The first-order valence-electron chi connectivity index (χ1n) is 13.4. The topological polar surface area (TPSA) is 127 Å². The minimum Gasteiger partial charge on any atom is -0.497 e. The molecule has 2 aromatic heterocycles. The lowest BCUT2D eigenvalue weighted by Crippen LogP contribution is -2.40. The zero-order valence-electron chi connectivity index (χ0n) is 24.5. The number of methoxy groups -OCH3 is 2. The number of fused-ring (bicyclic) bond motifs is 1. The predicted molar refractivity (Wildman–Crippen MR) is 162 cm³/mol. The molecule has 0 fully saturated rings. The van der Waals surface area contributed by atoms with Crippen LogP contribution in [-0.2, 0) is 9.53 Å². The van der Waals surface area contributed by atoms with Gasteiger partial charge < -0.3 is 18.8 Å². The number of nitrogens with zero attached hydrogens (tertiary/aromatic N) is 4. The average Bonchev–Trinajstić information content (AvgIpc) is 3.45. The zero-order chi connectivity index (χ0) is 31.0. The van der Waals surface area contributed by atoms with E-state index in [2.05, 4.69) is 4.99 Å². The third-order valence-corrected chi connectivity index (χ3v) is 8.31. The Labute approximate surface area is 250 Å². The molecule has 11 nitrogen and oxygen atoms in total. The molecular weight excluding hydrogens is 572 g/mol. The highest BCUT2D eigenvalue weighted by Gasteiger charge is 2.35. The smallest absolute Gasteiger partial charge is 0.338 e. The van der Waals surface area contributed by atoms with Crippen molar-refractivity contribution >= 4 is 29.1 Å². The number of hydrogen-bond acceptors (Lipinski definition) is 9. The van der Waals surface area contributed by atoms with E-state index >= 15 is 0 Å². The average molecular weight is 603 g/mol. The lowest BCUT2D eigenvalue weighted by atomic mass is 9.94. The van der Waals surface area contributed by atoms with Crippen molar-refractivity contribution in [3.63, 3.8) is 0 Å². The second kappa shape index (κ2) is 11.7. The van der Waals surface area contributed by atoms with Gasteiger partial charge in [0.1, 0.15) is 17.5 Å². The molecule has 4 aromatic rings. The number of ether oxygens (including phenoxy) is 3. The van der Waals surface area contributed by atoms with Crippen molar-refractivity contribution in [3.05, 3.63) is 112 Å². The van der Waals surface area contributed by atoms with Crippen LogP contribution in [0.5, 0.6) is 11.5 Å². The maximum absolute atomic E-state index is 14.1. The SMILES string of the molecule is CCOC(=O)C1=C(C)N=c2s/c(=C/c3cc(C)n(-c4ccc([N+](=O)[O-])cc4)c3C)c(=O)n2[C@@H]1c1cc(OC)ccc1OC. The maximum Gasteiger partial charge on any atom is 0.338 e. The molecule has 1 aliphatic rings. The number of carbonyl (C=O) groups is 1. The van der Waals surface area contributed by atoms with E-state index in [-0.39, 0.29) is 23.4 Å². The second-order valence-corrected chi connectivity index (χ2v) is 10.9. The van der Waals surface area contributed by atoms with Crippen LogP contribution >= 0.6 is 11.3 Å². The van der Waals surface area contributed by atoms with E-state index in [1.54, 1.807) is 50.3 Å². The van der Waals surface area contributed by atoms with Gasteiger partial charge in [0.25, 0.3) is 11.2 Å². The van der Waals surface area contributed by atoms with Crippen molar-refractivity contribution in [2.24, 2.45) is 4.99 Å². The number of thiazole rings is 1. The quantitative estimate of drug-likeness (QED) is 0.169. The molecule has 222 valence electrons. The maximum atomic E-state index is 14.1. The molecule has 0 saturated heterocycles. The van der Waals surface area contributed by atoms with Gasteiger partial charge in [0.15, 0.2) is 4.80 Å². The normalized spacial score (nSPS) is 14.7. The summed E-state index contributed by atoms with van der Waals surface area (Å²) in [6, 6.07) is 12.6. The first-order valence-corrected chi connectivity index (χ1v) is 14.3. The van der Waals surface area contributed by atoms with Gasteiger partial charge in [-0.2, -0.15) is 0 Å². The molecule has 0 N–H and O–H groups in total. The Kier molecular flexibility index (Phi) is 8.05. The highest BCUT2D eigenvalue weighted by molar-refractivity contribution is 7.07. The van der Waals surface area contributed by atoms with Gasteiger partial charge in [-0.25, -0.2) is 9.79 Å². The number of benzene rings is 2. The highest BCUT2D eigenvalue weighted by Crippen LogP contribution is 2.38. The Morgan fingerprint density at radius 1 is 1.09 bits per heavy atom. The molecular formula is C31H30N4O7S. The summed E-state index contributed by atoms with van der Waals surface area (Å²) in [4.78, 5) is 43.2. The molecule has 3 heterocycles. The van der Waals surface area contributed by atoms with Crippen LogP contribution in [0.4, 0.5) is 5.69 Å². The molecule has 2 aromatic carbocycles. The molecule has 1 atom stereocenters.